The molecule has 29 heavy (non-hydrogen) atoms. The maximum absolute atomic E-state index is 13.1. The average Bonchev–Trinajstić information content (AvgIpc) is 3.38. The van der Waals surface area contributed by atoms with E-state index in [0.717, 1.165) is 24.0 Å². The van der Waals surface area contributed by atoms with Crippen molar-refractivity contribution in [2.75, 3.05) is 6.54 Å². The number of benzene rings is 2. The van der Waals surface area contributed by atoms with Gasteiger partial charge >= 0.3 is 0 Å². The smallest absolute Gasteiger partial charge is 0.290 e. The first-order chi connectivity index (χ1) is 14.0. The highest BCUT2D eigenvalue weighted by Gasteiger charge is 2.33. The summed E-state index contributed by atoms with van der Waals surface area (Å²) in [4.78, 5) is 15.1. The zero-order valence-corrected chi connectivity index (χ0v) is 17.1. The molecule has 150 valence electrons. The van der Waals surface area contributed by atoms with Crippen LogP contribution in [0.5, 0.6) is 0 Å². The number of furan rings is 1. The van der Waals surface area contributed by atoms with Crippen molar-refractivity contribution in [3.8, 4) is 0 Å². The largest absolute Gasteiger partial charge is 0.455 e. The molecule has 2 heterocycles. The van der Waals surface area contributed by atoms with Crippen LogP contribution in [-0.2, 0) is 15.6 Å². The lowest BCUT2D eigenvalue weighted by Gasteiger charge is -2.25. The van der Waals surface area contributed by atoms with E-state index < -0.39 is 9.84 Å². The summed E-state index contributed by atoms with van der Waals surface area (Å²) in [5.41, 5.74) is 2.31. The van der Waals surface area contributed by atoms with Crippen molar-refractivity contribution >= 4 is 15.7 Å². The molecule has 1 unspecified atom stereocenters. The van der Waals surface area contributed by atoms with Gasteiger partial charge in [-0.05, 0) is 55.2 Å². The Morgan fingerprint density at radius 3 is 2.52 bits per heavy atom. The van der Waals surface area contributed by atoms with Crippen LogP contribution >= 0.6 is 0 Å². The summed E-state index contributed by atoms with van der Waals surface area (Å²) in [7, 11) is -3.52. The lowest BCUT2D eigenvalue weighted by molar-refractivity contribution is 0.0701. The number of amides is 1. The predicted octanol–water partition coefficient (Wildman–Crippen LogP) is 4.54. The van der Waals surface area contributed by atoms with E-state index in [1.54, 1.807) is 42.5 Å². The molecule has 0 saturated carbocycles. The molecule has 1 saturated heterocycles. The standard InChI is InChI=1S/C23H23NO4S/c1-17-8-5-6-11-20(17)21-12-7-15-24(21)23(25)22-14-13-18(28-22)16-29(26,27)19-9-3-2-4-10-19/h2-6,8-11,13-14,21H,7,12,15-16H2,1H3. The Morgan fingerprint density at radius 1 is 1.03 bits per heavy atom. The molecule has 1 fully saturated rings. The van der Waals surface area contributed by atoms with Gasteiger partial charge in [-0.3, -0.25) is 4.79 Å². The number of carbonyl (C=O) groups excluding carboxylic acids is 1. The molecular weight excluding hydrogens is 386 g/mol. The molecule has 0 spiro atoms. The first-order valence-corrected chi connectivity index (χ1v) is 11.3. The first kappa shape index (κ1) is 19.5. The van der Waals surface area contributed by atoms with E-state index in [2.05, 4.69) is 19.1 Å². The summed E-state index contributed by atoms with van der Waals surface area (Å²) in [6.07, 6.45) is 1.84. The summed E-state index contributed by atoms with van der Waals surface area (Å²) < 4.78 is 30.8. The van der Waals surface area contributed by atoms with Gasteiger partial charge in [-0.25, -0.2) is 8.42 Å². The van der Waals surface area contributed by atoms with Crippen LogP contribution in [0, 0.1) is 6.92 Å². The number of hydrogen-bond acceptors (Lipinski definition) is 4. The van der Waals surface area contributed by atoms with E-state index in [1.807, 2.05) is 17.0 Å². The summed E-state index contributed by atoms with van der Waals surface area (Å²) in [5, 5.41) is 0. The van der Waals surface area contributed by atoms with Crippen LogP contribution in [0.1, 0.15) is 46.3 Å². The first-order valence-electron chi connectivity index (χ1n) is 9.69. The Morgan fingerprint density at radius 2 is 1.76 bits per heavy atom. The summed E-state index contributed by atoms with van der Waals surface area (Å²) in [6.45, 7) is 2.71. The number of nitrogens with zero attached hydrogens (tertiary/aromatic N) is 1. The third kappa shape index (κ3) is 3.98. The second-order valence-electron chi connectivity index (χ2n) is 7.35. The van der Waals surface area contributed by atoms with Crippen LogP contribution < -0.4 is 0 Å². The Kier molecular flexibility index (Phi) is 5.28. The third-order valence-corrected chi connectivity index (χ3v) is 7.02. The maximum Gasteiger partial charge on any atom is 0.290 e. The van der Waals surface area contributed by atoms with Crippen LogP contribution in [0.15, 0.2) is 76.0 Å². The van der Waals surface area contributed by atoms with Crippen LogP contribution in [0.3, 0.4) is 0 Å². The zero-order valence-electron chi connectivity index (χ0n) is 16.2. The number of sulfone groups is 1. The normalized spacial score (nSPS) is 16.9. The number of aryl methyl sites for hydroxylation is 1. The molecule has 1 atom stereocenters. The molecule has 0 N–H and O–H groups in total. The average molecular weight is 410 g/mol. The Balaban J connectivity index is 1.53. The Bertz CT molecular complexity index is 1120. The van der Waals surface area contributed by atoms with Gasteiger partial charge in [-0.1, -0.05) is 42.5 Å². The predicted molar refractivity (Wildman–Crippen MR) is 110 cm³/mol. The molecule has 1 aliphatic rings. The molecule has 3 aromatic rings. The van der Waals surface area contributed by atoms with Crippen LogP contribution in [-0.4, -0.2) is 25.8 Å². The minimum absolute atomic E-state index is 0.0188. The second-order valence-corrected chi connectivity index (χ2v) is 9.34. The summed E-state index contributed by atoms with van der Waals surface area (Å²) >= 11 is 0. The number of carbonyl (C=O) groups is 1. The molecule has 1 aromatic heterocycles. The van der Waals surface area contributed by atoms with Crippen molar-refractivity contribution in [1.82, 2.24) is 4.90 Å². The minimum atomic E-state index is -3.52. The Labute approximate surface area is 170 Å². The highest BCUT2D eigenvalue weighted by Crippen LogP contribution is 2.35. The van der Waals surface area contributed by atoms with Gasteiger partial charge < -0.3 is 9.32 Å². The van der Waals surface area contributed by atoms with E-state index in [9.17, 15) is 13.2 Å². The van der Waals surface area contributed by atoms with Crippen molar-refractivity contribution in [2.24, 2.45) is 0 Å². The second kappa shape index (κ2) is 7.87. The number of hydrogen-bond donors (Lipinski definition) is 0. The number of rotatable bonds is 5. The fraction of sp³-hybridized carbons (Fsp3) is 0.261. The van der Waals surface area contributed by atoms with Gasteiger partial charge in [0.25, 0.3) is 5.91 Å². The van der Waals surface area contributed by atoms with E-state index in [0.29, 0.717) is 6.54 Å². The van der Waals surface area contributed by atoms with Crippen molar-refractivity contribution in [3.63, 3.8) is 0 Å². The molecule has 6 heteroatoms. The van der Waals surface area contributed by atoms with Gasteiger partial charge in [-0.15, -0.1) is 0 Å². The topological polar surface area (TPSA) is 67.6 Å². The molecule has 1 amide bonds. The van der Waals surface area contributed by atoms with Crippen LogP contribution in [0.2, 0.25) is 0 Å². The summed E-state index contributed by atoms with van der Waals surface area (Å²) in [6, 6.07) is 19.5. The molecule has 0 aliphatic carbocycles. The Hall–Kier alpha value is -2.86. The summed E-state index contributed by atoms with van der Waals surface area (Å²) in [5.74, 6) is -0.0161. The van der Waals surface area contributed by atoms with Gasteiger partial charge in [0.1, 0.15) is 11.5 Å². The van der Waals surface area contributed by atoms with Crippen molar-refractivity contribution in [3.05, 3.63) is 89.4 Å². The lowest BCUT2D eigenvalue weighted by Crippen LogP contribution is -2.30. The molecule has 5 nitrogen and oxygen atoms in total. The third-order valence-electron chi connectivity index (χ3n) is 5.37. The maximum atomic E-state index is 13.1. The van der Waals surface area contributed by atoms with Gasteiger partial charge in [0.15, 0.2) is 15.6 Å². The molecule has 0 radical (unpaired) electrons. The van der Waals surface area contributed by atoms with E-state index in [-0.39, 0.29) is 34.1 Å². The fourth-order valence-corrected chi connectivity index (χ4v) is 5.17. The van der Waals surface area contributed by atoms with Gasteiger partial charge in [0.2, 0.25) is 0 Å². The lowest BCUT2D eigenvalue weighted by atomic mass is 9.99. The van der Waals surface area contributed by atoms with Crippen molar-refractivity contribution in [2.45, 2.75) is 36.5 Å². The van der Waals surface area contributed by atoms with Gasteiger partial charge in [0, 0.05) is 6.54 Å². The molecular formula is C23H23NO4S. The van der Waals surface area contributed by atoms with E-state index >= 15 is 0 Å². The van der Waals surface area contributed by atoms with E-state index in [1.165, 1.54) is 0 Å². The highest BCUT2D eigenvalue weighted by atomic mass is 32.2. The minimum Gasteiger partial charge on any atom is -0.455 e. The van der Waals surface area contributed by atoms with Crippen LogP contribution in [0.4, 0.5) is 0 Å². The fourth-order valence-electron chi connectivity index (χ4n) is 3.90. The SMILES string of the molecule is Cc1ccccc1C1CCCN1C(=O)c1ccc(CS(=O)(=O)c2ccccc2)o1. The quantitative estimate of drug-likeness (QED) is 0.620. The van der Waals surface area contributed by atoms with Gasteiger partial charge in [0.05, 0.1) is 10.9 Å². The molecule has 2 aromatic carbocycles. The van der Waals surface area contributed by atoms with Crippen molar-refractivity contribution in [1.29, 1.82) is 0 Å². The highest BCUT2D eigenvalue weighted by molar-refractivity contribution is 7.90. The van der Waals surface area contributed by atoms with Crippen molar-refractivity contribution < 1.29 is 17.6 Å². The number of likely N-dealkylation sites (tertiary alicyclic amines) is 1. The monoisotopic (exact) mass is 409 g/mol. The van der Waals surface area contributed by atoms with Crippen LogP contribution in [0.25, 0.3) is 0 Å². The van der Waals surface area contributed by atoms with Gasteiger partial charge in [-0.2, -0.15) is 0 Å². The zero-order chi connectivity index (χ0) is 20.4. The molecule has 1 aliphatic heterocycles. The van der Waals surface area contributed by atoms with E-state index in [4.69, 9.17) is 4.42 Å². The molecule has 0 bridgehead atoms. The molecule has 4 rings (SSSR count).